The standard InChI is InChI=1S/C27H34F2N10O11P2/c1-27(2,3)26(40)44-11-47-52(43)46-5-12-4-13(38-9-36-17-21(30)32-7-34-23(17)38)15(28)19(12)49-51(41,42)45-6-14-20(50-52)16(29)25(48-14)39-10-37-18-22(31)33-8-35-24(18)39/h7-10,12-16,19-20,25H,4-6,11H2,1-3H3,(H,41,42)(H2,30,32,34)(H2,31,33,35)/t12-,13-,14-,15?,16?,19?,20?,25-,52?/m1/s1. The Labute approximate surface area is 292 Å². The van der Waals surface area contributed by atoms with Crippen LogP contribution in [0.5, 0.6) is 0 Å². The fraction of sp³-hybridized carbons (Fsp3) is 0.593. The number of nitrogens with two attached hydrogens (primary N) is 2. The summed E-state index contributed by atoms with van der Waals surface area (Å²) in [5.74, 6) is -1.82. The lowest BCUT2D eigenvalue weighted by atomic mass is 9.98. The molecular formula is C27H34F2N10O11P2. The average molecular weight is 775 g/mol. The number of hydrogen-bond donors (Lipinski definition) is 3. The molecule has 21 nitrogen and oxygen atoms in total. The Morgan fingerprint density at radius 1 is 0.923 bits per heavy atom. The van der Waals surface area contributed by atoms with Gasteiger partial charge in [0.15, 0.2) is 35.3 Å². The molecule has 2 aliphatic heterocycles. The molecule has 0 amide bonds. The van der Waals surface area contributed by atoms with Gasteiger partial charge in [0, 0.05) is 5.92 Å². The van der Waals surface area contributed by atoms with Gasteiger partial charge in [-0.2, -0.15) is 0 Å². The van der Waals surface area contributed by atoms with Crippen LogP contribution in [0.3, 0.4) is 0 Å². The molecule has 0 aromatic carbocycles. The number of rotatable bonds is 5. The monoisotopic (exact) mass is 774 g/mol. The lowest BCUT2D eigenvalue weighted by Crippen LogP contribution is -2.36. The predicted octanol–water partition coefficient (Wildman–Crippen LogP) is 2.55. The number of hydrogen-bond acceptors (Lipinski definition) is 18. The van der Waals surface area contributed by atoms with Crippen molar-refractivity contribution in [1.82, 2.24) is 39.0 Å². The molecular weight excluding hydrogens is 740 g/mol. The first-order valence-corrected chi connectivity index (χ1v) is 18.7. The summed E-state index contributed by atoms with van der Waals surface area (Å²) in [7, 11) is -10.1. The minimum absolute atomic E-state index is 0.00437. The lowest BCUT2D eigenvalue weighted by molar-refractivity contribution is -0.161. The number of nitrogen functional groups attached to an aromatic ring is 2. The molecule has 1 saturated carbocycles. The number of imidazole rings is 2. The van der Waals surface area contributed by atoms with Gasteiger partial charge >= 0.3 is 21.6 Å². The Kier molecular flexibility index (Phi) is 9.54. The topological polar surface area (TPSA) is 275 Å². The summed E-state index contributed by atoms with van der Waals surface area (Å²) < 4.78 is 101. The number of halogens is 2. The van der Waals surface area contributed by atoms with Crippen molar-refractivity contribution in [1.29, 1.82) is 0 Å². The fourth-order valence-corrected chi connectivity index (χ4v) is 8.42. The van der Waals surface area contributed by atoms with Crippen LogP contribution in [0.1, 0.15) is 39.5 Å². The number of ether oxygens (including phenoxy) is 2. The van der Waals surface area contributed by atoms with E-state index in [1.54, 1.807) is 20.8 Å². The Morgan fingerprint density at radius 3 is 2.21 bits per heavy atom. The van der Waals surface area contributed by atoms with Crippen LogP contribution in [-0.2, 0) is 46.0 Å². The molecule has 282 valence electrons. The fourth-order valence-electron chi connectivity index (χ4n) is 6.12. The van der Waals surface area contributed by atoms with Crippen molar-refractivity contribution < 1.29 is 59.7 Å². The first kappa shape index (κ1) is 36.6. The van der Waals surface area contributed by atoms with Crippen molar-refractivity contribution >= 4 is 55.6 Å². The Bertz CT molecular complexity index is 2080. The summed E-state index contributed by atoms with van der Waals surface area (Å²) in [6.07, 6.45) is -6.39. The van der Waals surface area contributed by atoms with Crippen molar-refractivity contribution in [2.24, 2.45) is 11.3 Å². The SMILES string of the molecule is CC(C)(C)C(=O)OCOP1(=O)OC[C@H]2C[C@@H](n3cnc4c(N)ncnc43)C(F)C2OP(=O)(O)OC[C@H]2O[C@@H](n3cnc4c(N)ncnc43)C(F)C2O1. The second kappa shape index (κ2) is 13.6. The summed E-state index contributed by atoms with van der Waals surface area (Å²) in [5.41, 5.74) is 11.3. The highest BCUT2D eigenvalue weighted by molar-refractivity contribution is 7.48. The van der Waals surface area contributed by atoms with Crippen LogP contribution in [0.25, 0.3) is 22.3 Å². The number of phosphoric ester groups is 2. The molecule has 0 bridgehead atoms. The molecule has 25 heteroatoms. The molecule has 6 unspecified atom stereocenters. The normalized spacial score (nSPS) is 34.4. The second-order valence-corrected chi connectivity index (χ2v) is 16.3. The number of phosphoric acid groups is 2. The maximum absolute atomic E-state index is 16.4. The molecule has 3 aliphatic rings. The van der Waals surface area contributed by atoms with Crippen LogP contribution in [0.15, 0.2) is 25.3 Å². The van der Waals surface area contributed by atoms with Gasteiger partial charge in [-0.1, -0.05) is 0 Å². The Morgan fingerprint density at radius 2 is 1.56 bits per heavy atom. The molecule has 4 aromatic rings. The van der Waals surface area contributed by atoms with Gasteiger partial charge in [-0.05, 0) is 27.2 Å². The first-order valence-electron chi connectivity index (χ1n) is 15.8. The molecule has 6 heterocycles. The molecule has 3 fully saturated rings. The molecule has 5 N–H and O–H groups in total. The quantitative estimate of drug-likeness (QED) is 0.149. The van der Waals surface area contributed by atoms with E-state index in [4.69, 9.17) is 43.6 Å². The molecule has 1 aliphatic carbocycles. The summed E-state index contributed by atoms with van der Waals surface area (Å²) in [4.78, 5) is 47.4. The zero-order valence-corrected chi connectivity index (χ0v) is 29.5. The van der Waals surface area contributed by atoms with Gasteiger partial charge in [-0.15, -0.1) is 0 Å². The third-order valence-electron chi connectivity index (χ3n) is 8.73. The third kappa shape index (κ3) is 6.88. The highest BCUT2D eigenvalue weighted by Gasteiger charge is 2.55. The van der Waals surface area contributed by atoms with Crippen molar-refractivity contribution in [3.63, 3.8) is 0 Å². The molecule has 2 saturated heterocycles. The minimum atomic E-state index is -5.11. The first-order chi connectivity index (χ1) is 24.6. The number of nitrogens with zero attached hydrogens (tertiary/aromatic N) is 8. The number of anilines is 2. The highest BCUT2D eigenvalue weighted by Crippen LogP contribution is 2.58. The minimum Gasteiger partial charge on any atom is -0.437 e. The Hall–Kier alpha value is -3.79. The summed E-state index contributed by atoms with van der Waals surface area (Å²) >= 11 is 0. The molecule has 10 atom stereocenters. The summed E-state index contributed by atoms with van der Waals surface area (Å²) in [6, 6.07) is -1.11. The van der Waals surface area contributed by atoms with E-state index < -0.39 is 95.9 Å². The lowest BCUT2D eigenvalue weighted by Gasteiger charge is -2.29. The van der Waals surface area contributed by atoms with Crippen LogP contribution in [-0.4, -0.2) is 101 Å². The number of aromatic nitrogens is 8. The van der Waals surface area contributed by atoms with E-state index in [2.05, 4.69) is 29.9 Å². The van der Waals surface area contributed by atoms with E-state index in [-0.39, 0.29) is 40.4 Å². The molecule has 52 heavy (non-hydrogen) atoms. The molecule has 4 aromatic heterocycles. The number of carbonyl (C=O) groups is 1. The van der Waals surface area contributed by atoms with Crippen LogP contribution < -0.4 is 11.5 Å². The van der Waals surface area contributed by atoms with Gasteiger partial charge in [0.25, 0.3) is 0 Å². The van der Waals surface area contributed by atoms with E-state index in [9.17, 15) is 18.8 Å². The predicted molar refractivity (Wildman–Crippen MR) is 171 cm³/mol. The van der Waals surface area contributed by atoms with Crippen molar-refractivity contribution in [3.05, 3.63) is 25.3 Å². The average Bonchev–Trinajstić information content (AvgIpc) is 3.84. The number of carbonyl (C=O) groups excluding carboxylic acids is 1. The van der Waals surface area contributed by atoms with Gasteiger partial charge in [0.1, 0.15) is 48.2 Å². The number of esters is 1. The third-order valence-corrected chi connectivity index (χ3v) is 11.1. The van der Waals surface area contributed by atoms with Gasteiger partial charge < -0.3 is 30.4 Å². The molecule has 0 radical (unpaired) electrons. The van der Waals surface area contributed by atoms with Gasteiger partial charge in [-0.3, -0.25) is 27.5 Å². The summed E-state index contributed by atoms with van der Waals surface area (Å²) in [5, 5.41) is 0. The van der Waals surface area contributed by atoms with Crippen LogP contribution in [0.4, 0.5) is 20.4 Å². The van der Waals surface area contributed by atoms with Crippen LogP contribution in [0.2, 0.25) is 0 Å². The van der Waals surface area contributed by atoms with Gasteiger partial charge in [0.2, 0.25) is 6.79 Å². The maximum Gasteiger partial charge on any atom is 0.478 e. The zero-order valence-electron chi connectivity index (χ0n) is 27.7. The van der Waals surface area contributed by atoms with Crippen LogP contribution >= 0.6 is 15.6 Å². The second-order valence-electron chi connectivity index (χ2n) is 13.3. The van der Waals surface area contributed by atoms with Gasteiger partial charge in [0.05, 0.1) is 37.3 Å². The van der Waals surface area contributed by atoms with Crippen molar-refractivity contribution in [3.8, 4) is 0 Å². The smallest absolute Gasteiger partial charge is 0.437 e. The molecule has 0 spiro atoms. The molecule has 7 rings (SSSR count). The van der Waals surface area contributed by atoms with Crippen molar-refractivity contribution in [2.45, 2.75) is 70.1 Å². The van der Waals surface area contributed by atoms with Crippen molar-refractivity contribution in [2.75, 3.05) is 31.5 Å². The maximum atomic E-state index is 16.4. The van der Waals surface area contributed by atoms with E-state index in [1.165, 1.54) is 17.2 Å². The van der Waals surface area contributed by atoms with E-state index in [0.29, 0.717) is 0 Å². The number of fused-ring (bicyclic) bond motifs is 4. The highest BCUT2D eigenvalue weighted by atomic mass is 31.2. The van der Waals surface area contributed by atoms with Gasteiger partial charge in [-0.25, -0.2) is 52.3 Å². The van der Waals surface area contributed by atoms with Crippen LogP contribution in [0, 0.1) is 11.3 Å². The van der Waals surface area contributed by atoms with E-state index in [1.807, 2.05) is 0 Å². The van der Waals surface area contributed by atoms with E-state index in [0.717, 1.165) is 17.2 Å². The van der Waals surface area contributed by atoms with E-state index >= 15 is 8.78 Å². The zero-order chi connectivity index (χ0) is 37.2. The summed E-state index contributed by atoms with van der Waals surface area (Å²) in [6.45, 7) is 2.19. The largest absolute Gasteiger partial charge is 0.478 e. The number of alkyl halides is 2. The Balaban J connectivity index is 1.20.